The maximum Gasteiger partial charge on any atom is 0.125 e. The van der Waals surface area contributed by atoms with Crippen molar-refractivity contribution in [3.63, 3.8) is 0 Å². The Morgan fingerprint density at radius 3 is 3.10 bits per heavy atom. The molecule has 0 spiro atoms. The van der Waals surface area contributed by atoms with E-state index < -0.39 is 0 Å². The van der Waals surface area contributed by atoms with Gasteiger partial charge in [-0.3, -0.25) is 0 Å². The number of halogens is 1. The quantitative estimate of drug-likeness (QED) is 0.887. The molecule has 1 aromatic rings. The van der Waals surface area contributed by atoms with Crippen LogP contribution < -0.4 is 10.2 Å². The van der Waals surface area contributed by atoms with Gasteiger partial charge in [0.25, 0.3) is 0 Å². The average molecular weight is 276 g/mol. The van der Waals surface area contributed by atoms with E-state index in [-0.39, 0.29) is 5.82 Å². The minimum atomic E-state index is -0.109. The predicted octanol–water partition coefficient (Wildman–Crippen LogP) is 3.36. The van der Waals surface area contributed by atoms with Crippen molar-refractivity contribution in [2.75, 3.05) is 24.5 Å². The second-order valence-corrected chi connectivity index (χ2v) is 6.22. The third-order valence-electron chi connectivity index (χ3n) is 4.81. The lowest BCUT2D eigenvalue weighted by Gasteiger charge is -2.28. The highest BCUT2D eigenvalue weighted by molar-refractivity contribution is 5.58. The zero-order valence-electron chi connectivity index (χ0n) is 12.4. The third-order valence-corrected chi connectivity index (χ3v) is 4.81. The van der Waals surface area contributed by atoms with Gasteiger partial charge in [0.15, 0.2) is 0 Å². The van der Waals surface area contributed by atoms with Crippen molar-refractivity contribution in [3.8, 4) is 0 Å². The predicted molar refractivity (Wildman–Crippen MR) is 81.7 cm³/mol. The van der Waals surface area contributed by atoms with Crippen LogP contribution in [-0.4, -0.2) is 25.7 Å². The van der Waals surface area contributed by atoms with Crippen molar-refractivity contribution < 1.29 is 4.39 Å². The Labute approximate surface area is 121 Å². The second kappa shape index (κ2) is 6.13. The fourth-order valence-electron chi connectivity index (χ4n) is 3.75. The first kappa shape index (κ1) is 13.9. The van der Waals surface area contributed by atoms with Gasteiger partial charge in [0.2, 0.25) is 0 Å². The first-order valence-electron chi connectivity index (χ1n) is 8.04. The van der Waals surface area contributed by atoms with Crippen LogP contribution in [0.2, 0.25) is 0 Å². The van der Waals surface area contributed by atoms with E-state index in [2.05, 4.69) is 17.1 Å². The molecule has 2 nitrogen and oxygen atoms in total. The SMILES string of the molecule is CCCNC1CCCC1CN1CCc2ccc(F)cc21. The van der Waals surface area contributed by atoms with Crippen molar-refractivity contribution in [3.05, 3.63) is 29.6 Å². The molecule has 1 aromatic carbocycles. The summed E-state index contributed by atoms with van der Waals surface area (Å²) in [5.41, 5.74) is 2.44. The zero-order valence-corrected chi connectivity index (χ0v) is 12.4. The summed E-state index contributed by atoms with van der Waals surface area (Å²) in [6.45, 7) is 5.47. The fraction of sp³-hybridized carbons (Fsp3) is 0.647. The number of benzene rings is 1. The van der Waals surface area contributed by atoms with Crippen molar-refractivity contribution >= 4 is 5.69 Å². The van der Waals surface area contributed by atoms with Gasteiger partial charge < -0.3 is 10.2 Å². The van der Waals surface area contributed by atoms with Gasteiger partial charge in [-0.25, -0.2) is 4.39 Å². The lowest BCUT2D eigenvalue weighted by molar-refractivity contribution is 0.401. The lowest BCUT2D eigenvalue weighted by atomic mass is 10.0. The highest BCUT2D eigenvalue weighted by atomic mass is 19.1. The summed E-state index contributed by atoms with van der Waals surface area (Å²) in [7, 11) is 0. The van der Waals surface area contributed by atoms with Crippen LogP contribution >= 0.6 is 0 Å². The van der Waals surface area contributed by atoms with E-state index in [1.807, 2.05) is 6.07 Å². The summed E-state index contributed by atoms with van der Waals surface area (Å²) in [6, 6.07) is 5.91. The molecule has 20 heavy (non-hydrogen) atoms. The maximum atomic E-state index is 13.5. The smallest absolute Gasteiger partial charge is 0.125 e. The molecule has 110 valence electrons. The van der Waals surface area contributed by atoms with E-state index >= 15 is 0 Å². The Kier molecular flexibility index (Phi) is 4.25. The van der Waals surface area contributed by atoms with Crippen LogP contribution in [0.3, 0.4) is 0 Å². The van der Waals surface area contributed by atoms with Gasteiger partial charge in [-0.15, -0.1) is 0 Å². The minimum absolute atomic E-state index is 0.109. The molecule has 1 N–H and O–H groups in total. The molecule has 0 aromatic heterocycles. The van der Waals surface area contributed by atoms with Crippen LogP contribution in [-0.2, 0) is 6.42 Å². The molecule has 1 aliphatic carbocycles. The molecule has 0 bridgehead atoms. The first-order valence-corrected chi connectivity index (χ1v) is 8.04. The van der Waals surface area contributed by atoms with Gasteiger partial charge in [-0.05, 0) is 55.8 Å². The first-order chi connectivity index (χ1) is 9.78. The largest absolute Gasteiger partial charge is 0.371 e. The molecule has 2 atom stereocenters. The Morgan fingerprint density at radius 1 is 1.35 bits per heavy atom. The van der Waals surface area contributed by atoms with Crippen molar-refractivity contribution in [1.82, 2.24) is 5.32 Å². The lowest BCUT2D eigenvalue weighted by Crippen LogP contribution is -2.39. The molecular formula is C17H25FN2. The van der Waals surface area contributed by atoms with Crippen LogP contribution in [0.4, 0.5) is 10.1 Å². The van der Waals surface area contributed by atoms with E-state index in [9.17, 15) is 4.39 Å². The monoisotopic (exact) mass is 276 g/mol. The molecule has 0 saturated heterocycles. The number of hydrogen-bond acceptors (Lipinski definition) is 2. The van der Waals surface area contributed by atoms with Crippen LogP contribution in [0, 0.1) is 11.7 Å². The number of hydrogen-bond donors (Lipinski definition) is 1. The van der Waals surface area contributed by atoms with E-state index in [1.165, 1.54) is 31.2 Å². The molecule has 1 heterocycles. The minimum Gasteiger partial charge on any atom is -0.371 e. The summed E-state index contributed by atoms with van der Waals surface area (Å²) in [4.78, 5) is 2.40. The number of anilines is 1. The molecule has 3 heteroatoms. The van der Waals surface area contributed by atoms with Crippen molar-refractivity contribution in [2.24, 2.45) is 5.92 Å². The fourth-order valence-corrected chi connectivity index (χ4v) is 3.75. The molecular weight excluding hydrogens is 251 g/mol. The Morgan fingerprint density at radius 2 is 2.25 bits per heavy atom. The van der Waals surface area contributed by atoms with E-state index in [1.54, 1.807) is 12.1 Å². The van der Waals surface area contributed by atoms with Crippen LogP contribution in [0.5, 0.6) is 0 Å². The van der Waals surface area contributed by atoms with Crippen LogP contribution in [0.1, 0.15) is 38.2 Å². The molecule has 3 rings (SSSR count). The van der Waals surface area contributed by atoms with E-state index in [4.69, 9.17) is 0 Å². The number of fused-ring (bicyclic) bond motifs is 1. The summed E-state index contributed by atoms with van der Waals surface area (Å²) in [5.74, 6) is 0.610. The molecule has 1 saturated carbocycles. The van der Waals surface area contributed by atoms with Gasteiger partial charge in [-0.2, -0.15) is 0 Å². The van der Waals surface area contributed by atoms with Gasteiger partial charge >= 0.3 is 0 Å². The highest BCUT2D eigenvalue weighted by Crippen LogP contribution is 2.33. The summed E-state index contributed by atoms with van der Waals surface area (Å²) >= 11 is 0. The topological polar surface area (TPSA) is 15.3 Å². The maximum absolute atomic E-state index is 13.5. The van der Waals surface area contributed by atoms with E-state index in [0.29, 0.717) is 6.04 Å². The second-order valence-electron chi connectivity index (χ2n) is 6.22. The van der Waals surface area contributed by atoms with Crippen molar-refractivity contribution in [2.45, 2.75) is 45.1 Å². The van der Waals surface area contributed by atoms with Gasteiger partial charge in [0.1, 0.15) is 5.82 Å². The van der Waals surface area contributed by atoms with Crippen molar-refractivity contribution in [1.29, 1.82) is 0 Å². The standard InChI is InChI=1S/C17H25FN2/c1-2-9-19-16-5-3-4-14(16)12-20-10-8-13-6-7-15(18)11-17(13)20/h6-7,11,14,16,19H,2-5,8-10,12H2,1H3. The van der Waals surface area contributed by atoms with Gasteiger partial charge in [0.05, 0.1) is 0 Å². The molecule has 2 unspecified atom stereocenters. The summed E-state index contributed by atoms with van der Waals surface area (Å²) < 4.78 is 13.5. The number of rotatable bonds is 5. The summed E-state index contributed by atoms with van der Waals surface area (Å²) in [6.07, 6.45) is 6.20. The van der Waals surface area contributed by atoms with Crippen LogP contribution in [0.15, 0.2) is 18.2 Å². The van der Waals surface area contributed by atoms with E-state index in [0.717, 1.165) is 37.7 Å². The number of nitrogens with one attached hydrogen (secondary N) is 1. The van der Waals surface area contributed by atoms with Crippen LogP contribution in [0.25, 0.3) is 0 Å². The third kappa shape index (κ3) is 2.83. The summed E-state index contributed by atoms with van der Waals surface area (Å²) in [5, 5.41) is 3.69. The van der Waals surface area contributed by atoms with Gasteiger partial charge in [-0.1, -0.05) is 19.4 Å². The highest BCUT2D eigenvalue weighted by Gasteiger charge is 2.30. The Bertz CT molecular complexity index is 460. The molecule has 2 aliphatic rings. The number of nitrogens with zero attached hydrogens (tertiary/aromatic N) is 1. The van der Waals surface area contributed by atoms with Gasteiger partial charge in [0, 0.05) is 24.8 Å². The zero-order chi connectivity index (χ0) is 13.9. The average Bonchev–Trinajstić information content (AvgIpc) is 3.04. The molecule has 1 fully saturated rings. The molecule has 0 amide bonds. The Balaban J connectivity index is 1.66. The molecule has 1 aliphatic heterocycles. The normalized spacial score (nSPS) is 25.2. The Hall–Kier alpha value is -1.09. The molecule has 0 radical (unpaired) electrons.